The zero-order chi connectivity index (χ0) is 24.9. The van der Waals surface area contributed by atoms with Crippen molar-refractivity contribution in [1.82, 2.24) is 24.1 Å². The van der Waals surface area contributed by atoms with Crippen LogP contribution < -0.4 is 10.3 Å². The number of fused-ring (bicyclic) bond motifs is 1. The number of hydrogen-bond donors (Lipinski definition) is 0. The number of rotatable bonds is 9. The Bertz CT molecular complexity index is 1530. The Balaban J connectivity index is 1.37. The molecular weight excluding hydrogens is 538 g/mol. The molecule has 0 aliphatic heterocycles. The van der Waals surface area contributed by atoms with E-state index in [-0.39, 0.29) is 5.56 Å². The third-order valence-corrected chi connectivity index (χ3v) is 7.17. The minimum Gasteiger partial charge on any atom is -0.486 e. The van der Waals surface area contributed by atoms with E-state index in [1.807, 2.05) is 42.5 Å². The van der Waals surface area contributed by atoms with E-state index in [0.717, 1.165) is 33.2 Å². The minimum absolute atomic E-state index is 0.120. The predicted octanol–water partition coefficient (Wildman–Crippen LogP) is 5.53. The highest BCUT2D eigenvalue weighted by Crippen LogP contribution is 2.23. The summed E-state index contributed by atoms with van der Waals surface area (Å²) < 4.78 is 10.4. The Morgan fingerprint density at radius 2 is 1.78 bits per heavy atom. The van der Waals surface area contributed by atoms with E-state index in [2.05, 4.69) is 66.9 Å². The number of ether oxygens (including phenoxy) is 1. The van der Waals surface area contributed by atoms with E-state index in [1.54, 1.807) is 12.3 Å². The highest BCUT2D eigenvalue weighted by Gasteiger charge is 2.15. The number of aromatic nitrogens is 5. The van der Waals surface area contributed by atoms with Crippen LogP contribution in [-0.4, -0.2) is 24.1 Å². The van der Waals surface area contributed by atoms with E-state index in [4.69, 9.17) is 4.74 Å². The summed E-state index contributed by atoms with van der Waals surface area (Å²) in [4.78, 5) is 17.2. The fourth-order valence-corrected chi connectivity index (χ4v) is 4.95. The monoisotopic (exact) mass is 561 g/mol. The molecule has 0 bridgehead atoms. The van der Waals surface area contributed by atoms with Gasteiger partial charge in [-0.1, -0.05) is 61.2 Å². The number of halogens is 1. The number of hydrogen-bond acceptors (Lipinski definition) is 6. The molecule has 0 spiro atoms. The van der Waals surface area contributed by atoms with Crippen molar-refractivity contribution in [2.75, 3.05) is 0 Å². The second-order valence-corrected chi connectivity index (χ2v) is 10.1. The summed E-state index contributed by atoms with van der Waals surface area (Å²) in [7, 11) is 0. The van der Waals surface area contributed by atoms with Gasteiger partial charge in [-0.3, -0.25) is 13.8 Å². The number of thioether (sulfide) groups is 1. The first kappa shape index (κ1) is 24.3. The van der Waals surface area contributed by atoms with Gasteiger partial charge in [-0.15, -0.1) is 10.2 Å². The Labute approximate surface area is 221 Å². The molecule has 2 aromatic carbocycles. The standard InChI is InChI=1S/C27H24BrN5O2S/c1-2-19-8-11-23(12-9-19)35-17-25-30-31-27(33(25)15-20-6-4-3-5-7-20)36-18-22-14-26(34)32-16-21(28)10-13-24(32)29-22/h3-14,16H,2,15,17-18H2,1H3. The van der Waals surface area contributed by atoms with Gasteiger partial charge in [0, 0.05) is 22.5 Å². The van der Waals surface area contributed by atoms with Crippen molar-refractivity contribution in [2.45, 2.75) is 37.4 Å². The van der Waals surface area contributed by atoms with Crippen LogP contribution in [-0.2, 0) is 25.3 Å². The Hall–Kier alpha value is -3.43. The van der Waals surface area contributed by atoms with E-state index in [9.17, 15) is 4.79 Å². The predicted molar refractivity (Wildman–Crippen MR) is 144 cm³/mol. The maximum Gasteiger partial charge on any atom is 0.258 e. The molecule has 0 fully saturated rings. The van der Waals surface area contributed by atoms with Gasteiger partial charge in [-0.05, 0) is 57.7 Å². The van der Waals surface area contributed by atoms with Gasteiger partial charge in [0.05, 0.1) is 12.2 Å². The van der Waals surface area contributed by atoms with Crippen molar-refractivity contribution in [3.05, 3.63) is 116 Å². The maximum atomic E-state index is 12.6. The van der Waals surface area contributed by atoms with Crippen LogP contribution in [0.2, 0.25) is 0 Å². The molecule has 0 saturated heterocycles. The lowest BCUT2D eigenvalue weighted by atomic mass is 10.2. The van der Waals surface area contributed by atoms with E-state index < -0.39 is 0 Å². The normalized spacial score (nSPS) is 11.2. The van der Waals surface area contributed by atoms with Crippen molar-refractivity contribution in [1.29, 1.82) is 0 Å². The molecule has 36 heavy (non-hydrogen) atoms. The van der Waals surface area contributed by atoms with Crippen LogP contribution in [0.3, 0.4) is 0 Å². The smallest absolute Gasteiger partial charge is 0.258 e. The van der Waals surface area contributed by atoms with Crippen molar-refractivity contribution < 1.29 is 4.74 Å². The van der Waals surface area contributed by atoms with E-state index >= 15 is 0 Å². The lowest BCUT2D eigenvalue weighted by Crippen LogP contribution is -2.15. The van der Waals surface area contributed by atoms with Gasteiger partial charge in [-0.2, -0.15) is 0 Å². The van der Waals surface area contributed by atoms with Gasteiger partial charge >= 0.3 is 0 Å². The Morgan fingerprint density at radius 3 is 2.56 bits per heavy atom. The third kappa shape index (κ3) is 5.68. The van der Waals surface area contributed by atoms with Crippen LogP contribution in [0.15, 0.2) is 93.4 Å². The molecule has 0 N–H and O–H groups in total. The van der Waals surface area contributed by atoms with E-state index in [0.29, 0.717) is 30.2 Å². The molecule has 0 aliphatic carbocycles. The van der Waals surface area contributed by atoms with Gasteiger partial charge in [0.25, 0.3) is 5.56 Å². The molecule has 182 valence electrons. The summed E-state index contributed by atoms with van der Waals surface area (Å²) in [5.41, 5.74) is 3.58. The molecular formula is C27H24BrN5O2S. The van der Waals surface area contributed by atoms with Crippen molar-refractivity contribution in [3.8, 4) is 5.75 Å². The van der Waals surface area contributed by atoms with Crippen LogP contribution in [0.1, 0.15) is 29.6 Å². The second kappa shape index (κ2) is 11.1. The summed E-state index contributed by atoms with van der Waals surface area (Å²) in [6.45, 7) is 3.05. The van der Waals surface area contributed by atoms with Crippen molar-refractivity contribution >= 4 is 33.3 Å². The first-order valence-corrected chi connectivity index (χ1v) is 13.4. The lowest BCUT2D eigenvalue weighted by Gasteiger charge is -2.12. The summed E-state index contributed by atoms with van der Waals surface area (Å²) in [5.74, 6) is 2.02. The highest BCUT2D eigenvalue weighted by atomic mass is 79.9. The highest BCUT2D eigenvalue weighted by molar-refractivity contribution is 9.10. The topological polar surface area (TPSA) is 74.3 Å². The summed E-state index contributed by atoms with van der Waals surface area (Å²) >= 11 is 4.90. The maximum absolute atomic E-state index is 12.6. The number of pyridine rings is 1. The van der Waals surface area contributed by atoms with Crippen LogP contribution in [0, 0.1) is 0 Å². The average molecular weight is 562 g/mol. The zero-order valence-electron chi connectivity index (χ0n) is 19.7. The lowest BCUT2D eigenvalue weighted by molar-refractivity contribution is 0.289. The minimum atomic E-state index is -0.120. The van der Waals surface area contributed by atoms with Crippen molar-refractivity contribution in [3.63, 3.8) is 0 Å². The molecule has 3 heterocycles. The molecule has 0 unspecified atom stereocenters. The fraction of sp³-hybridized carbons (Fsp3) is 0.185. The number of aryl methyl sites for hydroxylation is 1. The molecule has 0 atom stereocenters. The van der Waals surface area contributed by atoms with Crippen LogP contribution in [0.5, 0.6) is 5.75 Å². The summed E-state index contributed by atoms with van der Waals surface area (Å²) in [6.07, 6.45) is 2.71. The summed E-state index contributed by atoms with van der Waals surface area (Å²) in [5, 5.41) is 9.62. The van der Waals surface area contributed by atoms with E-state index in [1.165, 1.54) is 21.7 Å². The molecule has 0 amide bonds. The molecule has 0 saturated carbocycles. The van der Waals surface area contributed by atoms with Crippen LogP contribution in [0.25, 0.3) is 5.65 Å². The Morgan fingerprint density at radius 1 is 0.972 bits per heavy atom. The molecule has 7 nitrogen and oxygen atoms in total. The van der Waals surface area contributed by atoms with Crippen molar-refractivity contribution in [2.24, 2.45) is 0 Å². The number of nitrogens with zero attached hydrogens (tertiary/aromatic N) is 5. The average Bonchev–Trinajstić information content (AvgIpc) is 3.28. The first-order valence-electron chi connectivity index (χ1n) is 11.6. The molecule has 0 radical (unpaired) electrons. The largest absolute Gasteiger partial charge is 0.486 e. The Kier molecular flexibility index (Phi) is 7.48. The van der Waals surface area contributed by atoms with Gasteiger partial charge < -0.3 is 4.74 Å². The number of benzene rings is 2. The van der Waals surface area contributed by atoms with Crippen LogP contribution in [0.4, 0.5) is 0 Å². The molecule has 9 heteroatoms. The quantitative estimate of drug-likeness (QED) is 0.220. The first-order chi connectivity index (χ1) is 17.6. The van der Waals surface area contributed by atoms with Gasteiger partial charge in [0.2, 0.25) is 0 Å². The summed E-state index contributed by atoms with van der Waals surface area (Å²) in [6, 6.07) is 23.5. The van der Waals surface area contributed by atoms with Crippen LogP contribution >= 0.6 is 27.7 Å². The molecule has 5 aromatic rings. The third-order valence-electron chi connectivity index (χ3n) is 5.70. The molecule has 5 rings (SSSR count). The van der Waals surface area contributed by atoms with Gasteiger partial charge in [-0.25, -0.2) is 4.98 Å². The molecule has 0 aliphatic rings. The SMILES string of the molecule is CCc1ccc(OCc2nnc(SCc3cc(=O)n4cc(Br)ccc4n3)n2Cc2ccccc2)cc1. The van der Waals surface area contributed by atoms with Gasteiger partial charge in [0.1, 0.15) is 18.0 Å². The second-order valence-electron chi connectivity index (χ2n) is 8.21. The zero-order valence-corrected chi connectivity index (χ0v) is 22.1. The molecule has 3 aromatic heterocycles. The fourth-order valence-electron chi connectivity index (χ4n) is 3.77. The van der Waals surface area contributed by atoms with Gasteiger partial charge in [0.15, 0.2) is 11.0 Å².